The first-order chi connectivity index (χ1) is 8.42. The molecule has 1 unspecified atom stereocenters. The second-order valence-electron chi connectivity index (χ2n) is 3.73. The molecule has 0 spiro atoms. The van der Waals surface area contributed by atoms with Crippen molar-refractivity contribution in [1.82, 2.24) is 0 Å². The zero-order chi connectivity index (χ0) is 13.6. The fourth-order valence-corrected chi connectivity index (χ4v) is 2.00. The van der Waals surface area contributed by atoms with Crippen molar-refractivity contribution >= 4 is 11.8 Å². The highest BCUT2D eigenvalue weighted by atomic mass is 32.2. The molecular formula is C13H13F3OS. The Labute approximate surface area is 108 Å². The Morgan fingerprint density at radius 3 is 2.39 bits per heavy atom. The number of aliphatic hydroxyl groups is 1. The number of benzene rings is 1. The molecule has 0 saturated carbocycles. The molecule has 1 atom stereocenters. The Morgan fingerprint density at radius 2 is 1.89 bits per heavy atom. The zero-order valence-corrected chi connectivity index (χ0v) is 10.4. The molecule has 0 aromatic heterocycles. The third-order valence-electron chi connectivity index (χ3n) is 2.30. The monoisotopic (exact) mass is 274 g/mol. The average Bonchev–Trinajstić information content (AvgIpc) is 2.28. The van der Waals surface area contributed by atoms with E-state index in [2.05, 4.69) is 5.92 Å². The fraction of sp³-hybridized carbons (Fsp3) is 0.385. The lowest BCUT2D eigenvalue weighted by molar-refractivity contribution is -0.0328. The summed E-state index contributed by atoms with van der Waals surface area (Å²) in [4.78, 5) is 0.113. The highest BCUT2D eigenvalue weighted by molar-refractivity contribution is 8.00. The Balaban J connectivity index is 2.57. The molecule has 1 aromatic carbocycles. The van der Waals surface area contributed by atoms with Gasteiger partial charge in [-0.3, -0.25) is 0 Å². The lowest BCUT2D eigenvalue weighted by Crippen LogP contribution is -2.00. The molecule has 1 aromatic rings. The van der Waals surface area contributed by atoms with Crippen LogP contribution in [0.3, 0.4) is 0 Å². The summed E-state index contributed by atoms with van der Waals surface area (Å²) < 4.78 is 36.3. The topological polar surface area (TPSA) is 20.2 Å². The molecule has 1 rings (SSSR count). The van der Waals surface area contributed by atoms with E-state index in [1.165, 1.54) is 24.3 Å². The smallest absolute Gasteiger partial charge is 0.388 e. The second kappa shape index (κ2) is 6.72. The number of rotatable bonds is 5. The summed E-state index contributed by atoms with van der Waals surface area (Å²) in [6, 6.07) is 5.74. The molecule has 0 saturated heterocycles. The molecule has 98 valence electrons. The minimum atomic E-state index is -4.28. The molecule has 5 heteroatoms. The van der Waals surface area contributed by atoms with Gasteiger partial charge in [-0.2, -0.15) is 13.2 Å². The van der Waals surface area contributed by atoms with Crippen LogP contribution >= 0.6 is 11.8 Å². The van der Waals surface area contributed by atoms with Crippen molar-refractivity contribution < 1.29 is 18.3 Å². The van der Waals surface area contributed by atoms with E-state index in [0.29, 0.717) is 24.8 Å². The van der Waals surface area contributed by atoms with Crippen molar-refractivity contribution in [2.45, 2.75) is 35.8 Å². The predicted octanol–water partition coefficient (Wildman–Crippen LogP) is 4.14. The first-order valence-corrected chi connectivity index (χ1v) is 6.21. The molecule has 0 fully saturated rings. The standard InChI is InChI=1S/C13H13F3OS/c1-2-3-4-5-12(17)10-6-8-11(9-7-10)18-13(14,15)16/h1,6-9,12,17H,3-5H2. The SMILES string of the molecule is C#CCCCC(O)c1ccc(SC(F)(F)F)cc1. The number of unbranched alkanes of at least 4 members (excludes halogenated alkanes) is 1. The number of hydrogen-bond acceptors (Lipinski definition) is 2. The quantitative estimate of drug-likeness (QED) is 0.495. The summed E-state index contributed by atoms with van der Waals surface area (Å²) >= 11 is -0.166. The lowest BCUT2D eigenvalue weighted by Gasteiger charge is -2.11. The zero-order valence-electron chi connectivity index (χ0n) is 9.57. The van der Waals surface area contributed by atoms with Gasteiger partial charge in [0.05, 0.1) is 6.10 Å². The number of terminal acetylenes is 1. The van der Waals surface area contributed by atoms with E-state index in [4.69, 9.17) is 6.42 Å². The van der Waals surface area contributed by atoms with Gasteiger partial charge >= 0.3 is 5.51 Å². The van der Waals surface area contributed by atoms with Crippen LogP contribution in [0.5, 0.6) is 0 Å². The first kappa shape index (κ1) is 14.9. The molecule has 0 aliphatic rings. The van der Waals surface area contributed by atoms with Gasteiger partial charge in [-0.15, -0.1) is 12.3 Å². The first-order valence-electron chi connectivity index (χ1n) is 5.39. The van der Waals surface area contributed by atoms with Gasteiger partial charge in [0.2, 0.25) is 0 Å². The van der Waals surface area contributed by atoms with Crippen LogP contribution in [0.15, 0.2) is 29.2 Å². The van der Waals surface area contributed by atoms with Gasteiger partial charge in [-0.1, -0.05) is 12.1 Å². The largest absolute Gasteiger partial charge is 0.446 e. The Morgan fingerprint density at radius 1 is 1.28 bits per heavy atom. The van der Waals surface area contributed by atoms with E-state index in [1.54, 1.807) is 0 Å². The van der Waals surface area contributed by atoms with Crippen LogP contribution in [0, 0.1) is 12.3 Å². The van der Waals surface area contributed by atoms with Gasteiger partial charge in [0, 0.05) is 11.3 Å². The third-order valence-corrected chi connectivity index (χ3v) is 3.04. The summed E-state index contributed by atoms with van der Waals surface area (Å²) in [5, 5.41) is 9.77. The van der Waals surface area contributed by atoms with Crippen LogP contribution in [0.2, 0.25) is 0 Å². The molecule has 0 heterocycles. The summed E-state index contributed by atoms with van der Waals surface area (Å²) in [5.74, 6) is 2.47. The maximum Gasteiger partial charge on any atom is 0.446 e. The van der Waals surface area contributed by atoms with Crippen LogP contribution < -0.4 is 0 Å². The number of halogens is 3. The van der Waals surface area contributed by atoms with Crippen molar-refractivity contribution in [1.29, 1.82) is 0 Å². The summed E-state index contributed by atoms with van der Waals surface area (Å²) in [5.41, 5.74) is -3.68. The van der Waals surface area contributed by atoms with Crippen molar-refractivity contribution in [2.24, 2.45) is 0 Å². The van der Waals surface area contributed by atoms with E-state index in [-0.39, 0.29) is 16.7 Å². The Hall–Kier alpha value is -1.12. The molecule has 0 aliphatic heterocycles. The van der Waals surface area contributed by atoms with E-state index in [9.17, 15) is 18.3 Å². The van der Waals surface area contributed by atoms with Gasteiger partial charge in [-0.25, -0.2) is 0 Å². The highest BCUT2D eigenvalue weighted by Crippen LogP contribution is 2.37. The van der Waals surface area contributed by atoms with Crippen molar-refractivity contribution in [3.05, 3.63) is 29.8 Å². The molecule has 1 N–H and O–H groups in total. The van der Waals surface area contributed by atoms with Gasteiger partial charge in [0.25, 0.3) is 0 Å². The average molecular weight is 274 g/mol. The maximum absolute atomic E-state index is 12.1. The molecule has 18 heavy (non-hydrogen) atoms. The van der Waals surface area contributed by atoms with Crippen LogP contribution in [0.4, 0.5) is 13.2 Å². The molecule has 0 aliphatic carbocycles. The van der Waals surface area contributed by atoms with Crippen molar-refractivity contribution in [3.8, 4) is 12.3 Å². The van der Waals surface area contributed by atoms with Gasteiger partial charge in [-0.05, 0) is 42.3 Å². The predicted molar refractivity (Wildman–Crippen MR) is 66.0 cm³/mol. The lowest BCUT2D eigenvalue weighted by atomic mass is 10.0. The second-order valence-corrected chi connectivity index (χ2v) is 4.87. The molecule has 0 radical (unpaired) electrons. The van der Waals surface area contributed by atoms with E-state index >= 15 is 0 Å². The van der Waals surface area contributed by atoms with Crippen LogP contribution in [0.25, 0.3) is 0 Å². The normalized spacial score (nSPS) is 13.1. The van der Waals surface area contributed by atoms with Gasteiger partial charge in [0.1, 0.15) is 0 Å². The molecule has 0 bridgehead atoms. The van der Waals surface area contributed by atoms with Gasteiger partial charge in [0.15, 0.2) is 0 Å². The minimum Gasteiger partial charge on any atom is -0.388 e. The molecule has 1 nitrogen and oxygen atoms in total. The number of aliphatic hydroxyl groups excluding tert-OH is 1. The summed E-state index contributed by atoms with van der Waals surface area (Å²) in [7, 11) is 0. The van der Waals surface area contributed by atoms with Crippen molar-refractivity contribution in [2.75, 3.05) is 0 Å². The van der Waals surface area contributed by atoms with E-state index in [1.807, 2.05) is 0 Å². The molecular weight excluding hydrogens is 261 g/mol. The van der Waals surface area contributed by atoms with E-state index in [0.717, 1.165) is 0 Å². The number of thioether (sulfide) groups is 1. The highest BCUT2D eigenvalue weighted by Gasteiger charge is 2.29. The van der Waals surface area contributed by atoms with Crippen LogP contribution in [0.1, 0.15) is 30.9 Å². The Bertz CT molecular complexity index is 406. The van der Waals surface area contributed by atoms with Crippen molar-refractivity contribution in [3.63, 3.8) is 0 Å². The van der Waals surface area contributed by atoms with E-state index < -0.39 is 11.6 Å². The minimum absolute atomic E-state index is 0.113. The summed E-state index contributed by atoms with van der Waals surface area (Å²) in [6.45, 7) is 0. The summed E-state index contributed by atoms with van der Waals surface area (Å²) in [6.07, 6.45) is 6.20. The van der Waals surface area contributed by atoms with Crippen LogP contribution in [-0.4, -0.2) is 10.6 Å². The Kier molecular flexibility index (Phi) is 5.57. The number of hydrogen-bond donors (Lipinski definition) is 1. The number of alkyl halides is 3. The van der Waals surface area contributed by atoms with Crippen LogP contribution in [-0.2, 0) is 0 Å². The maximum atomic E-state index is 12.1. The fourth-order valence-electron chi connectivity index (χ4n) is 1.46. The van der Waals surface area contributed by atoms with Gasteiger partial charge < -0.3 is 5.11 Å². The third kappa shape index (κ3) is 5.48. The molecule has 0 amide bonds.